The first-order valence-corrected chi connectivity index (χ1v) is 12.4. The zero-order valence-electron chi connectivity index (χ0n) is 19.3. The number of anilines is 1. The molecular weight excluding hydrogens is 483 g/mol. The second kappa shape index (κ2) is 9.03. The highest BCUT2D eigenvalue weighted by Gasteiger charge is 2.47. The summed E-state index contributed by atoms with van der Waals surface area (Å²) in [6.45, 7) is 3.46. The van der Waals surface area contributed by atoms with E-state index in [1.54, 1.807) is 22.6 Å². The van der Waals surface area contributed by atoms with Gasteiger partial charge in [0.2, 0.25) is 0 Å². The maximum absolute atomic E-state index is 13.6. The van der Waals surface area contributed by atoms with E-state index in [-0.39, 0.29) is 13.0 Å². The van der Waals surface area contributed by atoms with Gasteiger partial charge in [0.05, 0.1) is 34.2 Å². The number of hydrogen-bond acceptors (Lipinski definition) is 6. The molecule has 0 unspecified atom stereocenters. The van der Waals surface area contributed by atoms with Gasteiger partial charge in [-0.05, 0) is 50.1 Å². The molecule has 0 saturated carbocycles. The third kappa shape index (κ3) is 4.64. The van der Waals surface area contributed by atoms with Crippen molar-refractivity contribution < 1.29 is 31.1 Å². The highest BCUT2D eigenvalue weighted by atomic mass is 32.2. The van der Waals surface area contributed by atoms with Crippen molar-refractivity contribution in [1.82, 2.24) is 9.78 Å². The fourth-order valence-corrected chi connectivity index (χ4v) is 6.31. The summed E-state index contributed by atoms with van der Waals surface area (Å²) < 4.78 is 74.1. The molecule has 11 heteroatoms. The smallest absolute Gasteiger partial charge is 0.417 e. The van der Waals surface area contributed by atoms with Crippen LogP contribution < -0.4 is 4.90 Å². The van der Waals surface area contributed by atoms with Gasteiger partial charge in [0.15, 0.2) is 9.84 Å². The van der Waals surface area contributed by atoms with Gasteiger partial charge in [0.1, 0.15) is 11.9 Å². The molecule has 3 aromatic rings. The van der Waals surface area contributed by atoms with Gasteiger partial charge < -0.3 is 9.64 Å². The quantitative estimate of drug-likeness (QED) is 0.484. The fraction of sp³-hybridized carbons (Fsp3) is 0.333. The number of carbonyl (C=O) groups excluding carboxylic acids is 1. The van der Waals surface area contributed by atoms with Crippen LogP contribution in [-0.4, -0.2) is 49.1 Å². The number of alkyl halides is 3. The first-order chi connectivity index (χ1) is 16.4. The van der Waals surface area contributed by atoms with Crippen molar-refractivity contribution in [3.05, 3.63) is 71.4 Å². The summed E-state index contributed by atoms with van der Waals surface area (Å²) in [5, 5.41) is 3.24. The lowest BCUT2D eigenvalue weighted by Gasteiger charge is -2.25. The molecule has 1 saturated heterocycles. The van der Waals surface area contributed by atoms with Crippen molar-refractivity contribution in [2.24, 2.45) is 0 Å². The summed E-state index contributed by atoms with van der Waals surface area (Å²) in [6, 6.07) is 12.2. The van der Waals surface area contributed by atoms with Crippen molar-refractivity contribution in [3.8, 4) is 5.69 Å². The Morgan fingerprint density at radius 1 is 1.09 bits per heavy atom. The van der Waals surface area contributed by atoms with Crippen molar-refractivity contribution in [2.45, 2.75) is 42.6 Å². The molecule has 1 aliphatic heterocycles. The van der Waals surface area contributed by atoms with E-state index < -0.39 is 43.7 Å². The Balaban J connectivity index is 1.79. The van der Waals surface area contributed by atoms with Gasteiger partial charge in [0, 0.05) is 12.6 Å². The van der Waals surface area contributed by atoms with Crippen molar-refractivity contribution in [1.29, 1.82) is 0 Å². The Morgan fingerprint density at radius 2 is 1.80 bits per heavy atom. The standard InChI is InChI=1S/C24H24F3N3O4S/c1-15-7-6-8-17(11-15)30-22(12-16(2)28-30)29-14-18(13-20(29)23(31)34-3)35(32,33)21-10-5-4-9-19(21)24(25,26)27/h4-12,18,20H,13-14H2,1-3H3/t18-,20+/m1/s1. The normalized spacial score (nSPS) is 18.6. The lowest BCUT2D eigenvalue weighted by Crippen LogP contribution is -2.38. The van der Waals surface area contributed by atoms with E-state index >= 15 is 0 Å². The zero-order chi connectivity index (χ0) is 25.5. The van der Waals surface area contributed by atoms with Crippen LogP contribution in [0.1, 0.15) is 23.2 Å². The Morgan fingerprint density at radius 3 is 2.46 bits per heavy atom. The average molecular weight is 508 g/mol. The van der Waals surface area contributed by atoms with Crippen LogP contribution in [0.15, 0.2) is 59.5 Å². The van der Waals surface area contributed by atoms with Gasteiger partial charge in [0.25, 0.3) is 0 Å². The molecule has 0 spiro atoms. The number of aryl methyl sites for hydroxylation is 2. The van der Waals surface area contributed by atoms with Crippen LogP contribution in [0, 0.1) is 13.8 Å². The van der Waals surface area contributed by atoms with Gasteiger partial charge in [-0.3, -0.25) is 0 Å². The van der Waals surface area contributed by atoms with E-state index in [9.17, 15) is 26.4 Å². The number of ether oxygens (including phenoxy) is 1. The number of rotatable bonds is 5. The molecule has 1 aromatic heterocycles. The molecular formula is C24H24F3N3O4S. The zero-order valence-corrected chi connectivity index (χ0v) is 20.1. The summed E-state index contributed by atoms with van der Waals surface area (Å²) in [5.41, 5.74) is 1.06. The highest BCUT2D eigenvalue weighted by Crippen LogP contribution is 2.39. The van der Waals surface area contributed by atoms with Crippen LogP contribution in [0.4, 0.5) is 19.0 Å². The first kappa shape index (κ1) is 24.8. The number of benzene rings is 2. The molecule has 1 fully saturated rings. The molecule has 7 nitrogen and oxygen atoms in total. The summed E-state index contributed by atoms with van der Waals surface area (Å²) >= 11 is 0. The van der Waals surface area contributed by atoms with Crippen LogP contribution in [-0.2, 0) is 25.5 Å². The maximum atomic E-state index is 13.6. The lowest BCUT2D eigenvalue weighted by molar-refractivity contribution is -0.142. The molecule has 0 bridgehead atoms. The summed E-state index contributed by atoms with van der Waals surface area (Å²) in [7, 11) is -3.26. The van der Waals surface area contributed by atoms with E-state index in [1.165, 1.54) is 13.2 Å². The molecule has 186 valence electrons. The van der Waals surface area contributed by atoms with Crippen molar-refractivity contribution in [2.75, 3.05) is 18.6 Å². The maximum Gasteiger partial charge on any atom is 0.417 e. The van der Waals surface area contributed by atoms with Crippen LogP contribution in [0.3, 0.4) is 0 Å². The van der Waals surface area contributed by atoms with Crippen molar-refractivity contribution >= 4 is 21.6 Å². The number of aromatic nitrogens is 2. The van der Waals surface area contributed by atoms with Crippen LogP contribution in [0.5, 0.6) is 0 Å². The van der Waals surface area contributed by atoms with Crippen LogP contribution in [0.25, 0.3) is 5.69 Å². The van der Waals surface area contributed by atoms with E-state index in [0.29, 0.717) is 17.2 Å². The van der Waals surface area contributed by atoms with Crippen LogP contribution >= 0.6 is 0 Å². The number of nitrogens with zero attached hydrogens (tertiary/aromatic N) is 3. The molecule has 2 aromatic carbocycles. The number of hydrogen-bond donors (Lipinski definition) is 0. The molecule has 0 aliphatic carbocycles. The molecule has 0 N–H and O–H groups in total. The Hall–Kier alpha value is -3.34. The first-order valence-electron chi connectivity index (χ1n) is 10.8. The fourth-order valence-electron chi connectivity index (χ4n) is 4.40. The number of sulfone groups is 1. The molecule has 4 rings (SSSR count). The van der Waals surface area contributed by atoms with Gasteiger partial charge in [-0.1, -0.05) is 24.3 Å². The second-order valence-electron chi connectivity index (χ2n) is 8.48. The van der Waals surface area contributed by atoms with Crippen LogP contribution in [0.2, 0.25) is 0 Å². The minimum Gasteiger partial charge on any atom is -0.467 e. The number of halogens is 3. The molecule has 2 atom stereocenters. The third-order valence-corrected chi connectivity index (χ3v) is 8.22. The third-order valence-electron chi connectivity index (χ3n) is 6.03. The second-order valence-corrected chi connectivity index (χ2v) is 10.7. The lowest BCUT2D eigenvalue weighted by atomic mass is 10.2. The van der Waals surface area contributed by atoms with Gasteiger partial charge in [-0.25, -0.2) is 17.9 Å². The van der Waals surface area contributed by atoms with Gasteiger partial charge in [-0.15, -0.1) is 0 Å². The molecule has 35 heavy (non-hydrogen) atoms. The van der Waals surface area contributed by atoms with Crippen molar-refractivity contribution in [3.63, 3.8) is 0 Å². The molecule has 0 amide bonds. The predicted molar refractivity (Wildman–Crippen MR) is 123 cm³/mol. The summed E-state index contributed by atoms with van der Waals surface area (Å²) in [5.74, 6) is -0.230. The van der Waals surface area contributed by atoms with Gasteiger partial charge in [-0.2, -0.15) is 18.3 Å². The Labute approximate surface area is 201 Å². The molecule has 1 aliphatic rings. The number of methoxy groups -OCH3 is 1. The Kier molecular flexibility index (Phi) is 6.39. The predicted octanol–water partition coefficient (Wildman–Crippen LogP) is 4.10. The SMILES string of the molecule is COC(=O)[C@@H]1C[C@@H](S(=O)(=O)c2ccccc2C(F)(F)F)CN1c1cc(C)nn1-c1cccc(C)c1. The highest BCUT2D eigenvalue weighted by molar-refractivity contribution is 7.92. The minimum atomic E-state index is -4.84. The average Bonchev–Trinajstić information content (AvgIpc) is 3.42. The molecule has 0 radical (unpaired) electrons. The minimum absolute atomic E-state index is 0.203. The van der Waals surface area contributed by atoms with E-state index in [2.05, 4.69) is 5.10 Å². The monoisotopic (exact) mass is 507 g/mol. The largest absolute Gasteiger partial charge is 0.467 e. The topological polar surface area (TPSA) is 81.5 Å². The Bertz CT molecular complexity index is 1370. The number of esters is 1. The van der Waals surface area contributed by atoms with E-state index in [1.807, 2.05) is 31.2 Å². The summed E-state index contributed by atoms with van der Waals surface area (Å²) in [6.07, 6.45) is -5.07. The van der Waals surface area contributed by atoms with E-state index in [0.717, 1.165) is 23.8 Å². The summed E-state index contributed by atoms with van der Waals surface area (Å²) in [4.78, 5) is 13.4. The van der Waals surface area contributed by atoms with E-state index in [4.69, 9.17) is 4.74 Å². The van der Waals surface area contributed by atoms with Gasteiger partial charge >= 0.3 is 12.1 Å². The number of carbonyl (C=O) groups is 1. The molecule has 2 heterocycles.